The number of nitrogens with zero attached hydrogens (tertiary/aromatic N) is 2. The van der Waals surface area contributed by atoms with E-state index in [0.717, 1.165) is 32.4 Å². The molecule has 2 aromatic rings. The average Bonchev–Trinajstić information content (AvgIpc) is 3.16. The van der Waals surface area contributed by atoms with Crippen molar-refractivity contribution in [2.45, 2.75) is 38.2 Å². The van der Waals surface area contributed by atoms with Crippen molar-refractivity contribution in [1.82, 2.24) is 15.1 Å². The standard InChI is InChI=1S/C19H23N3O3/c1-2-13-11-20-21-18(13)14-7-9-22(10-8-14)19(23)17-12-24-15-5-3-4-6-16(15)25-17/h3-6,11,14,17H,2,7-10,12H2,1H3,(H,20,21). The third kappa shape index (κ3) is 3.08. The quantitative estimate of drug-likeness (QED) is 0.931. The molecule has 132 valence electrons. The molecule has 1 aromatic heterocycles. The number of aryl methyl sites for hydroxylation is 1. The first kappa shape index (κ1) is 16.0. The number of aromatic nitrogens is 2. The summed E-state index contributed by atoms with van der Waals surface area (Å²) in [7, 11) is 0. The summed E-state index contributed by atoms with van der Waals surface area (Å²) >= 11 is 0. The number of carbonyl (C=O) groups is 1. The zero-order valence-corrected chi connectivity index (χ0v) is 14.4. The van der Waals surface area contributed by atoms with Gasteiger partial charge in [0, 0.05) is 24.7 Å². The molecule has 6 heteroatoms. The summed E-state index contributed by atoms with van der Waals surface area (Å²) in [4.78, 5) is 14.7. The highest BCUT2D eigenvalue weighted by atomic mass is 16.6. The minimum Gasteiger partial charge on any atom is -0.485 e. The fraction of sp³-hybridized carbons (Fsp3) is 0.474. The first-order valence-electron chi connectivity index (χ1n) is 8.95. The van der Waals surface area contributed by atoms with E-state index in [2.05, 4.69) is 17.1 Å². The largest absolute Gasteiger partial charge is 0.485 e. The van der Waals surface area contributed by atoms with Crippen LogP contribution in [0, 0.1) is 0 Å². The highest BCUT2D eigenvalue weighted by Crippen LogP contribution is 2.33. The van der Waals surface area contributed by atoms with Gasteiger partial charge in [-0.05, 0) is 37.0 Å². The van der Waals surface area contributed by atoms with E-state index in [1.807, 2.05) is 35.4 Å². The molecule has 3 heterocycles. The molecule has 0 radical (unpaired) electrons. The predicted molar refractivity (Wildman–Crippen MR) is 92.9 cm³/mol. The van der Waals surface area contributed by atoms with Crippen LogP contribution in [0.3, 0.4) is 0 Å². The predicted octanol–water partition coefficient (Wildman–Crippen LogP) is 2.52. The molecule has 2 aliphatic heterocycles. The van der Waals surface area contributed by atoms with Gasteiger partial charge in [0.1, 0.15) is 6.61 Å². The highest BCUT2D eigenvalue weighted by molar-refractivity contribution is 5.82. The molecule has 1 N–H and O–H groups in total. The smallest absolute Gasteiger partial charge is 0.267 e. The van der Waals surface area contributed by atoms with E-state index in [4.69, 9.17) is 9.47 Å². The maximum absolute atomic E-state index is 12.8. The summed E-state index contributed by atoms with van der Waals surface area (Å²) in [6.07, 6.45) is 4.25. The normalized spacial score (nSPS) is 20.5. The van der Waals surface area contributed by atoms with Crippen LogP contribution in [0.1, 0.15) is 36.9 Å². The van der Waals surface area contributed by atoms with E-state index in [9.17, 15) is 4.79 Å². The van der Waals surface area contributed by atoms with Crippen molar-refractivity contribution in [1.29, 1.82) is 0 Å². The topological polar surface area (TPSA) is 67.5 Å². The van der Waals surface area contributed by atoms with Crippen molar-refractivity contribution in [2.24, 2.45) is 0 Å². The van der Waals surface area contributed by atoms with Gasteiger partial charge in [0.15, 0.2) is 11.5 Å². The Hall–Kier alpha value is -2.50. The number of carbonyl (C=O) groups excluding carboxylic acids is 1. The van der Waals surface area contributed by atoms with Crippen molar-refractivity contribution in [3.05, 3.63) is 41.7 Å². The van der Waals surface area contributed by atoms with Crippen molar-refractivity contribution < 1.29 is 14.3 Å². The molecule has 6 nitrogen and oxygen atoms in total. The van der Waals surface area contributed by atoms with Crippen LogP contribution in [0.4, 0.5) is 0 Å². The number of ether oxygens (including phenoxy) is 2. The SMILES string of the molecule is CCc1cn[nH]c1C1CCN(C(=O)C2COc3ccccc3O2)CC1. The Morgan fingerprint density at radius 3 is 2.80 bits per heavy atom. The Morgan fingerprint density at radius 2 is 2.04 bits per heavy atom. The number of H-pyrrole nitrogens is 1. The second kappa shape index (κ2) is 6.78. The van der Waals surface area contributed by atoms with Gasteiger partial charge >= 0.3 is 0 Å². The number of piperidine rings is 1. The van der Waals surface area contributed by atoms with Gasteiger partial charge in [0.2, 0.25) is 6.10 Å². The van der Waals surface area contributed by atoms with E-state index < -0.39 is 6.10 Å². The molecule has 0 bridgehead atoms. The van der Waals surface area contributed by atoms with Gasteiger partial charge in [0.05, 0.1) is 6.20 Å². The zero-order valence-electron chi connectivity index (χ0n) is 14.4. The molecular formula is C19H23N3O3. The summed E-state index contributed by atoms with van der Waals surface area (Å²) < 4.78 is 11.5. The lowest BCUT2D eigenvalue weighted by atomic mass is 9.90. The molecule has 1 amide bonds. The van der Waals surface area contributed by atoms with Crippen molar-refractivity contribution in [3.63, 3.8) is 0 Å². The maximum Gasteiger partial charge on any atom is 0.267 e. The lowest BCUT2D eigenvalue weighted by Gasteiger charge is -2.35. The van der Waals surface area contributed by atoms with Crippen LogP contribution >= 0.6 is 0 Å². The summed E-state index contributed by atoms with van der Waals surface area (Å²) in [5.74, 6) is 1.82. The van der Waals surface area contributed by atoms with E-state index in [0.29, 0.717) is 17.4 Å². The molecule has 1 atom stereocenters. The number of fused-ring (bicyclic) bond motifs is 1. The van der Waals surface area contributed by atoms with E-state index in [1.54, 1.807) is 0 Å². The van der Waals surface area contributed by atoms with Gasteiger partial charge in [-0.25, -0.2) is 0 Å². The number of likely N-dealkylation sites (tertiary alicyclic amines) is 1. The Bertz CT molecular complexity index is 750. The molecule has 0 saturated carbocycles. The second-order valence-corrected chi connectivity index (χ2v) is 6.63. The number of benzene rings is 1. The number of rotatable bonds is 3. The summed E-state index contributed by atoms with van der Waals surface area (Å²) in [6.45, 7) is 3.90. The number of hydrogen-bond donors (Lipinski definition) is 1. The van der Waals surface area contributed by atoms with Gasteiger partial charge in [-0.1, -0.05) is 19.1 Å². The lowest BCUT2D eigenvalue weighted by molar-refractivity contribution is -0.142. The van der Waals surface area contributed by atoms with Gasteiger partial charge in [0.25, 0.3) is 5.91 Å². The molecule has 2 aliphatic rings. The van der Waals surface area contributed by atoms with Crippen molar-refractivity contribution in [2.75, 3.05) is 19.7 Å². The Kier molecular flexibility index (Phi) is 4.34. The molecule has 0 spiro atoms. The number of nitrogens with one attached hydrogen (secondary N) is 1. The molecule has 1 aromatic carbocycles. The second-order valence-electron chi connectivity index (χ2n) is 6.63. The summed E-state index contributed by atoms with van der Waals surface area (Å²) in [5, 5.41) is 7.32. The van der Waals surface area contributed by atoms with Crippen LogP contribution in [0.25, 0.3) is 0 Å². The van der Waals surface area contributed by atoms with Gasteiger partial charge in [-0.2, -0.15) is 5.10 Å². The van der Waals surface area contributed by atoms with Gasteiger partial charge in [-0.3, -0.25) is 9.89 Å². The zero-order chi connectivity index (χ0) is 17.2. The fourth-order valence-electron chi connectivity index (χ4n) is 3.69. The van der Waals surface area contributed by atoms with Crippen molar-refractivity contribution >= 4 is 5.91 Å². The van der Waals surface area contributed by atoms with E-state index in [-0.39, 0.29) is 12.5 Å². The molecule has 4 rings (SSSR count). The molecular weight excluding hydrogens is 318 g/mol. The van der Waals surface area contributed by atoms with Crippen LogP contribution in [0.15, 0.2) is 30.5 Å². The van der Waals surface area contributed by atoms with Crippen LogP contribution in [0.5, 0.6) is 11.5 Å². The summed E-state index contributed by atoms with van der Waals surface area (Å²) in [6, 6.07) is 7.48. The Morgan fingerprint density at radius 1 is 1.28 bits per heavy atom. The van der Waals surface area contributed by atoms with Crippen molar-refractivity contribution in [3.8, 4) is 11.5 Å². The third-order valence-corrected chi connectivity index (χ3v) is 5.13. The lowest BCUT2D eigenvalue weighted by Crippen LogP contribution is -2.48. The molecule has 0 aliphatic carbocycles. The van der Waals surface area contributed by atoms with Crippen LogP contribution in [-0.4, -0.2) is 46.8 Å². The van der Waals surface area contributed by atoms with Gasteiger partial charge in [-0.15, -0.1) is 0 Å². The molecule has 1 fully saturated rings. The van der Waals surface area contributed by atoms with Crippen LogP contribution in [-0.2, 0) is 11.2 Å². The fourth-order valence-corrected chi connectivity index (χ4v) is 3.69. The Labute approximate surface area is 147 Å². The van der Waals surface area contributed by atoms with E-state index in [1.165, 1.54) is 11.3 Å². The minimum absolute atomic E-state index is 0.0216. The molecule has 25 heavy (non-hydrogen) atoms. The third-order valence-electron chi connectivity index (χ3n) is 5.13. The Balaban J connectivity index is 1.37. The maximum atomic E-state index is 12.8. The van der Waals surface area contributed by atoms with Crippen LogP contribution < -0.4 is 9.47 Å². The minimum atomic E-state index is -0.551. The molecule has 1 saturated heterocycles. The summed E-state index contributed by atoms with van der Waals surface area (Å²) in [5.41, 5.74) is 2.52. The van der Waals surface area contributed by atoms with E-state index >= 15 is 0 Å². The number of hydrogen-bond acceptors (Lipinski definition) is 4. The first-order chi connectivity index (χ1) is 12.3. The van der Waals surface area contributed by atoms with Crippen LogP contribution in [0.2, 0.25) is 0 Å². The number of aromatic amines is 1. The highest BCUT2D eigenvalue weighted by Gasteiger charge is 2.33. The number of para-hydroxylation sites is 2. The number of amides is 1. The monoisotopic (exact) mass is 341 g/mol. The van der Waals surface area contributed by atoms with Gasteiger partial charge < -0.3 is 14.4 Å². The first-order valence-corrected chi connectivity index (χ1v) is 8.95. The average molecular weight is 341 g/mol. The molecule has 1 unspecified atom stereocenters.